The van der Waals surface area contributed by atoms with Crippen LogP contribution in [0.15, 0.2) is 35.7 Å². The van der Waals surface area contributed by atoms with Gasteiger partial charge in [0.1, 0.15) is 0 Å². The third kappa shape index (κ3) is 5.27. The van der Waals surface area contributed by atoms with Crippen LogP contribution in [0.5, 0.6) is 11.5 Å². The topological polar surface area (TPSA) is 79.9 Å². The Morgan fingerprint density at radius 3 is 2.66 bits per heavy atom. The first-order chi connectivity index (χ1) is 14.2. The molecule has 154 valence electrons. The second-order valence-electron chi connectivity index (χ2n) is 7.38. The van der Waals surface area contributed by atoms with Gasteiger partial charge in [0, 0.05) is 24.5 Å². The predicted molar refractivity (Wildman–Crippen MR) is 110 cm³/mol. The number of piperidine rings is 1. The van der Waals surface area contributed by atoms with E-state index in [1.165, 1.54) is 4.88 Å². The van der Waals surface area contributed by atoms with Crippen LogP contribution < -0.4 is 20.1 Å². The monoisotopic (exact) mass is 415 g/mol. The molecule has 1 saturated heterocycles. The summed E-state index contributed by atoms with van der Waals surface area (Å²) in [5.74, 6) is 0.579. The second kappa shape index (κ2) is 9.28. The van der Waals surface area contributed by atoms with Gasteiger partial charge in [-0.25, -0.2) is 0 Å². The average molecular weight is 416 g/mol. The van der Waals surface area contributed by atoms with E-state index in [1.54, 1.807) is 17.4 Å². The number of thiophene rings is 1. The number of benzene rings is 1. The average Bonchev–Trinajstić information content (AvgIpc) is 3.42. The van der Waals surface area contributed by atoms with Crippen molar-refractivity contribution in [1.82, 2.24) is 15.5 Å². The van der Waals surface area contributed by atoms with Gasteiger partial charge in [-0.15, -0.1) is 11.3 Å². The van der Waals surface area contributed by atoms with E-state index in [9.17, 15) is 9.59 Å². The molecule has 29 heavy (non-hydrogen) atoms. The Morgan fingerprint density at radius 2 is 1.86 bits per heavy atom. The van der Waals surface area contributed by atoms with Crippen molar-refractivity contribution in [3.63, 3.8) is 0 Å². The maximum atomic E-state index is 12.1. The van der Waals surface area contributed by atoms with Crippen LogP contribution in [-0.4, -0.2) is 43.1 Å². The Hall–Kier alpha value is -2.58. The smallest absolute Gasteiger partial charge is 0.309 e. The number of nitrogens with zero attached hydrogens (tertiary/aromatic N) is 1. The van der Waals surface area contributed by atoms with Crippen molar-refractivity contribution in [3.05, 3.63) is 46.2 Å². The summed E-state index contributed by atoms with van der Waals surface area (Å²) in [5.41, 5.74) is 0.855. The lowest BCUT2D eigenvalue weighted by Gasteiger charge is -2.31. The highest BCUT2D eigenvalue weighted by Gasteiger charge is 2.21. The summed E-state index contributed by atoms with van der Waals surface area (Å²) in [6.45, 7) is 4.07. The van der Waals surface area contributed by atoms with Crippen LogP contribution >= 0.6 is 11.3 Å². The first-order valence-corrected chi connectivity index (χ1v) is 10.7. The SMILES string of the molecule is O=C(NCc1ccc2c(c1)OCO2)C(=O)NCC1CCN(Cc2cccs2)CC1. The molecule has 0 saturated carbocycles. The minimum atomic E-state index is -0.613. The highest BCUT2D eigenvalue weighted by atomic mass is 32.1. The molecule has 2 aliphatic heterocycles. The van der Waals surface area contributed by atoms with Gasteiger partial charge in [0.25, 0.3) is 0 Å². The zero-order valence-corrected chi connectivity index (χ0v) is 17.0. The Bertz CT molecular complexity index is 848. The minimum Gasteiger partial charge on any atom is -0.454 e. The highest BCUT2D eigenvalue weighted by Crippen LogP contribution is 2.32. The second-order valence-corrected chi connectivity index (χ2v) is 8.41. The molecule has 2 N–H and O–H groups in total. The summed E-state index contributed by atoms with van der Waals surface area (Å²) in [6.07, 6.45) is 2.06. The molecular formula is C21H25N3O4S. The van der Waals surface area contributed by atoms with E-state index in [-0.39, 0.29) is 13.3 Å². The lowest BCUT2D eigenvalue weighted by atomic mass is 9.97. The molecule has 2 aliphatic rings. The lowest BCUT2D eigenvalue weighted by molar-refractivity contribution is -0.139. The molecule has 8 heteroatoms. The summed E-state index contributed by atoms with van der Waals surface area (Å²) < 4.78 is 10.6. The number of carbonyl (C=O) groups excluding carboxylic acids is 2. The quantitative estimate of drug-likeness (QED) is 0.707. The van der Waals surface area contributed by atoms with Crippen LogP contribution in [0.1, 0.15) is 23.3 Å². The molecule has 7 nitrogen and oxygen atoms in total. The molecule has 0 aliphatic carbocycles. The molecule has 0 radical (unpaired) electrons. The van der Waals surface area contributed by atoms with Crippen molar-refractivity contribution in [3.8, 4) is 11.5 Å². The Balaban J connectivity index is 1.15. The van der Waals surface area contributed by atoms with Crippen LogP contribution in [0.2, 0.25) is 0 Å². The summed E-state index contributed by atoms with van der Waals surface area (Å²) in [7, 11) is 0. The minimum absolute atomic E-state index is 0.209. The maximum Gasteiger partial charge on any atom is 0.309 e. The molecular weight excluding hydrogens is 390 g/mol. The van der Waals surface area contributed by atoms with Gasteiger partial charge < -0.3 is 20.1 Å². The van der Waals surface area contributed by atoms with E-state index < -0.39 is 11.8 Å². The third-order valence-electron chi connectivity index (χ3n) is 5.31. The number of fused-ring (bicyclic) bond motifs is 1. The summed E-state index contributed by atoms with van der Waals surface area (Å²) in [6, 6.07) is 9.70. The Morgan fingerprint density at radius 1 is 1.07 bits per heavy atom. The van der Waals surface area contributed by atoms with Crippen molar-refractivity contribution < 1.29 is 19.1 Å². The van der Waals surface area contributed by atoms with Crippen molar-refractivity contribution in [1.29, 1.82) is 0 Å². The van der Waals surface area contributed by atoms with Crippen molar-refractivity contribution in [2.75, 3.05) is 26.4 Å². The van der Waals surface area contributed by atoms with Gasteiger partial charge in [0.05, 0.1) is 0 Å². The van der Waals surface area contributed by atoms with E-state index >= 15 is 0 Å². The third-order valence-corrected chi connectivity index (χ3v) is 6.18. The number of carbonyl (C=O) groups is 2. The zero-order chi connectivity index (χ0) is 20.1. The molecule has 0 atom stereocenters. The molecule has 1 fully saturated rings. The van der Waals surface area contributed by atoms with E-state index in [0.29, 0.717) is 24.0 Å². The zero-order valence-electron chi connectivity index (χ0n) is 16.2. The van der Waals surface area contributed by atoms with E-state index in [0.717, 1.165) is 38.0 Å². The largest absolute Gasteiger partial charge is 0.454 e. The highest BCUT2D eigenvalue weighted by molar-refractivity contribution is 7.09. The summed E-state index contributed by atoms with van der Waals surface area (Å²) in [5, 5.41) is 7.54. The predicted octanol–water partition coefficient (Wildman–Crippen LogP) is 2.12. The molecule has 0 bridgehead atoms. The van der Waals surface area contributed by atoms with Crippen LogP contribution in [0, 0.1) is 5.92 Å². The van der Waals surface area contributed by atoms with E-state index in [1.807, 2.05) is 12.1 Å². The fourth-order valence-electron chi connectivity index (χ4n) is 3.60. The van der Waals surface area contributed by atoms with Crippen LogP contribution in [0.4, 0.5) is 0 Å². The summed E-state index contributed by atoms with van der Waals surface area (Å²) in [4.78, 5) is 28.0. The molecule has 3 heterocycles. The number of hydrogen-bond acceptors (Lipinski definition) is 6. The number of rotatable bonds is 6. The normalized spacial score (nSPS) is 16.6. The lowest BCUT2D eigenvalue weighted by Crippen LogP contribution is -2.43. The van der Waals surface area contributed by atoms with Gasteiger partial charge in [-0.05, 0) is 61.0 Å². The van der Waals surface area contributed by atoms with Gasteiger partial charge in [0.2, 0.25) is 6.79 Å². The van der Waals surface area contributed by atoms with E-state index in [4.69, 9.17) is 9.47 Å². The fourth-order valence-corrected chi connectivity index (χ4v) is 4.35. The van der Waals surface area contributed by atoms with Crippen molar-refractivity contribution in [2.45, 2.75) is 25.9 Å². The van der Waals surface area contributed by atoms with E-state index in [2.05, 4.69) is 33.0 Å². The summed E-state index contributed by atoms with van der Waals surface area (Å²) >= 11 is 1.79. The van der Waals surface area contributed by atoms with Crippen molar-refractivity contribution in [2.24, 2.45) is 5.92 Å². The van der Waals surface area contributed by atoms with Crippen LogP contribution in [0.25, 0.3) is 0 Å². The number of amides is 2. The molecule has 4 rings (SSSR count). The van der Waals surface area contributed by atoms with Crippen molar-refractivity contribution >= 4 is 23.2 Å². The van der Waals surface area contributed by atoms with Gasteiger partial charge in [-0.2, -0.15) is 0 Å². The number of hydrogen-bond donors (Lipinski definition) is 2. The fraction of sp³-hybridized carbons (Fsp3) is 0.429. The number of ether oxygens (including phenoxy) is 2. The molecule has 2 amide bonds. The number of nitrogens with one attached hydrogen (secondary N) is 2. The molecule has 2 aromatic rings. The Labute approximate surface area is 174 Å². The van der Waals surface area contributed by atoms with Gasteiger partial charge in [-0.1, -0.05) is 12.1 Å². The van der Waals surface area contributed by atoms with Crippen LogP contribution in [0.3, 0.4) is 0 Å². The van der Waals surface area contributed by atoms with Gasteiger partial charge in [-0.3, -0.25) is 14.5 Å². The molecule has 0 unspecified atom stereocenters. The molecule has 0 spiro atoms. The first kappa shape index (κ1) is 19.7. The van der Waals surface area contributed by atoms with Gasteiger partial charge >= 0.3 is 11.8 Å². The van der Waals surface area contributed by atoms with Crippen LogP contribution in [-0.2, 0) is 22.7 Å². The van der Waals surface area contributed by atoms with Gasteiger partial charge in [0.15, 0.2) is 11.5 Å². The first-order valence-electron chi connectivity index (χ1n) is 9.86. The maximum absolute atomic E-state index is 12.1. The molecule has 1 aromatic carbocycles. The number of likely N-dealkylation sites (tertiary alicyclic amines) is 1. The standard InChI is InChI=1S/C21H25N3O4S/c25-20(21(26)23-12-16-3-4-18-19(10-16)28-14-27-18)22-11-15-5-7-24(8-6-15)13-17-2-1-9-29-17/h1-4,9-10,15H,5-8,11-14H2,(H,22,25)(H,23,26). The Kier molecular flexibility index (Phi) is 6.31. The molecule has 1 aromatic heterocycles.